The first-order valence-corrected chi connectivity index (χ1v) is 8.35. The minimum absolute atomic E-state index is 0.163. The van der Waals surface area contributed by atoms with E-state index in [0.717, 1.165) is 4.90 Å². The summed E-state index contributed by atoms with van der Waals surface area (Å²) in [5, 5.41) is 11.3. The molecule has 1 heterocycles. The lowest BCUT2D eigenvalue weighted by molar-refractivity contribution is -0.149. The third-order valence-corrected chi connectivity index (χ3v) is 3.74. The predicted octanol–water partition coefficient (Wildman–Crippen LogP) is -2.00. The third kappa shape index (κ3) is 5.88. The van der Waals surface area contributed by atoms with E-state index in [4.69, 9.17) is 20.6 Å². The van der Waals surface area contributed by atoms with Gasteiger partial charge in [0.1, 0.15) is 12.1 Å². The predicted molar refractivity (Wildman–Crippen MR) is 75.9 cm³/mol. The van der Waals surface area contributed by atoms with E-state index in [9.17, 15) is 18.9 Å². The van der Waals surface area contributed by atoms with Gasteiger partial charge in [-0.3, -0.25) is 14.1 Å². The van der Waals surface area contributed by atoms with E-state index in [1.165, 1.54) is 6.92 Å². The summed E-state index contributed by atoms with van der Waals surface area (Å²) in [6, 6.07) is -3.46. The number of phosphoric ester groups is 1. The van der Waals surface area contributed by atoms with Crippen molar-refractivity contribution < 1.29 is 38.4 Å². The second-order valence-corrected chi connectivity index (χ2v) is 6.40. The van der Waals surface area contributed by atoms with Crippen molar-refractivity contribution in [2.75, 3.05) is 13.2 Å². The van der Waals surface area contributed by atoms with Crippen molar-refractivity contribution in [1.29, 1.82) is 0 Å². The van der Waals surface area contributed by atoms with Gasteiger partial charge in [-0.2, -0.15) is 0 Å². The van der Waals surface area contributed by atoms with Gasteiger partial charge < -0.3 is 30.8 Å². The average Bonchev–Trinajstić information content (AvgIpc) is 2.90. The molecule has 1 aliphatic heterocycles. The largest absolute Gasteiger partial charge is 0.480 e. The molecule has 11 nitrogen and oxygen atoms in total. The number of nitrogens with two attached hydrogens (primary N) is 1. The molecule has 0 aromatic heterocycles. The summed E-state index contributed by atoms with van der Waals surface area (Å²) in [4.78, 5) is 53.7. The molecule has 0 spiro atoms. The number of carbonyl (C=O) groups excluding carboxylic acids is 2. The third-order valence-electron chi connectivity index (χ3n) is 3.26. The molecular formula is C11H20N3O8P. The summed E-state index contributed by atoms with van der Waals surface area (Å²) < 4.78 is 15.1. The number of hydrogen-bond acceptors (Lipinski definition) is 6. The molecule has 1 fully saturated rings. The van der Waals surface area contributed by atoms with Gasteiger partial charge in [-0.05, 0) is 19.8 Å². The quantitative estimate of drug-likeness (QED) is 0.324. The molecule has 0 aromatic carbocycles. The molecule has 0 aliphatic carbocycles. The van der Waals surface area contributed by atoms with Crippen LogP contribution in [0.4, 0.5) is 0 Å². The highest BCUT2D eigenvalue weighted by Gasteiger charge is 2.38. The maximum atomic E-state index is 12.4. The summed E-state index contributed by atoms with van der Waals surface area (Å²) in [7, 11) is -4.86. The van der Waals surface area contributed by atoms with Crippen molar-refractivity contribution in [2.24, 2.45) is 5.73 Å². The molecule has 132 valence electrons. The van der Waals surface area contributed by atoms with E-state index in [0.29, 0.717) is 6.42 Å². The van der Waals surface area contributed by atoms with Crippen LogP contribution in [0.15, 0.2) is 0 Å². The van der Waals surface area contributed by atoms with Gasteiger partial charge in [-0.1, -0.05) is 0 Å². The van der Waals surface area contributed by atoms with Crippen LogP contribution in [0, 0.1) is 0 Å². The maximum Gasteiger partial charge on any atom is 0.469 e. The highest BCUT2D eigenvalue weighted by molar-refractivity contribution is 7.46. The lowest BCUT2D eigenvalue weighted by atomic mass is 10.2. The zero-order valence-electron chi connectivity index (χ0n) is 12.4. The first-order valence-electron chi connectivity index (χ1n) is 6.82. The second-order valence-electron chi connectivity index (χ2n) is 5.16. The fourth-order valence-corrected chi connectivity index (χ4v) is 2.48. The van der Waals surface area contributed by atoms with Crippen LogP contribution >= 0.6 is 7.82 Å². The fourth-order valence-electron chi connectivity index (χ4n) is 2.14. The molecule has 0 unspecified atom stereocenters. The Morgan fingerprint density at radius 2 is 2.04 bits per heavy atom. The van der Waals surface area contributed by atoms with Crippen LogP contribution in [-0.2, 0) is 23.5 Å². The number of carbonyl (C=O) groups is 3. The monoisotopic (exact) mass is 353 g/mol. The molecule has 0 saturated carbocycles. The van der Waals surface area contributed by atoms with Crippen molar-refractivity contribution in [3.8, 4) is 0 Å². The number of carboxylic acids is 1. The van der Waals surface area contributed by atoms with Gasteiger partial charge in [0, 0.05) is 6.54 Å². The van der Waals surface area contributed by atoms with Crippen LogP contribution in [0.5, 0.6) is 0 Å². The minimum Gasteiger partial charge on any atom is -0.480 e. The Kier molecular flexibility index (Phi) is 6.66. The average molecular weight is 353 g/mol. The van der Waals surface area contributed by atoms with E-state index in [-0.39, 0.29) is 13.0 Å². The number of rotatable bonds is 7. The zero-order chi connectivity index (χ0) is 17.8. The first kappa shape index (κ1) is 19.5. The van der Waals surface area contributed by atoms with Crippen molar-refractivity contribution in [3.05, 3.63) is 0 Å². The summed E-state index contributed by atoms with van der Waals surface area (Å²) in [5.41, 5.74) is 5.37. The number of hydrogen-bond donors (Lipinski definition) is 5. The number of nitrogens with one attached hydrogen (secondary N) is 1. The van der Waals surface area contributed by atoms with E-state index >= 15 is 0 Å². The number of likely N-dealkylation sites (tertiary alicyclic amines) is 1. The Morgan fingerprint density at radius 1 is 1.43 bits per heavy atom. The molecular weight excluding hydrogens is 333 g/mol. The molecule has 1 saturated heterocycles. The van der Waals surface area contributed by atoms with Crippen LogP contribution in [0.2, 0.25) is 0 Å². The minimum atomic E-state index is -4.86. The summed E-state index contributed by atoms with van der Waals surface area (Å²) in [5.74, 6) is -2.72. The van der Waals surface area contributed by atoms with Gasteiger partial charge in [-0.25, -0.2) is 9.36 Å². The molecule has 0 aromatic rings. The second kappa shape index (κ2) is 7.84. The van der Waals surface area contributed by atoms with Crippen LogP contribution in [0.1, 0.15) is 19.8 Å². The smallest absolute Gasteiger partial charge is 0.469 e. The molecule has 23 heavy (non-hydrogen) atoms. The van der Waals surface area contributed by atoms with Crippen LogP contribution in [-0.4, -0.2) is 68.9 Å². The molecule has 3 atom stereocenters. The maximum absolute atomic E-state index is 12.4. The Labute approximate surface area is 132 Å². The Balaban J connectivity index is 2.88. The normalized spacial score (nSPS) is 20.9. The highest BCUT2D eigenvalue weighted by atomic mass is 31.2. The van der Waals surface area contributed by atoms with Crippen molar-refractivity contribution >= 4 is 25.6 Å². The Hall–Kier alpha value is -1.52. The highest BCUT2D eigenvalue weighted by Crippen LogP contribution is 2.35. The van der Waals surface area contributed by atoms with Crippen molar-refractivity contribution in [3.63, 3.8) is 0 Å². The number of aliphatic carboxylic acids is 1. The zero-order valence-corrected chi connectivity index (χ0v) is 13.3. The topological polar surface area (TPSA) is 179 Å². The molecule has 0 radical (unpaired) electrons. The van der Waals surface area contributed by atoms with Gasteiger partial charge in [-0.15, -0.1) is 0 Å². The standard InChI is InChI=1S/C11H20N3O8P/c1-6(12)9(15)13-7(5-22-23(19,20)21)10(16)14-4-2-3-8(14)11(17)18/h6-8H,2-5,12H2,1H3,(H,13,15)(H,17,18)(H2,19,20,21)/t6-,7-,8-/m0/s1. The summed E-state index contributed by atoms with van der Waals surface area (Å²) >= 11 is 0. The Bertz CT molecular complexity index is 519. The van der Waals surface area contributed by atoms with E-state index < -0.39 is 50.3 Å². The first-order chi connectivity index (χ1) is 10.5. The van der Waals surface area contributed by atoms with Gasteiger partial charge in [0.25, 0.3) is 0 Å². The lowest BCUT2D eigenvalue weighted by Crippen LogP contribution is -2.55. The Morgan fingerprint density at radius 3 is 2.52 bits per heavy atom. The van der Waals surface area contributed by atoms with E-state index in [2.05, 4.69) is 9.84 Å². The molecule has 1 rings (SSSR count). The molecule has 12 heteroatoms. The number of amides is 2. The van der Waals surface area contributed by atoms with E-state index in [1.807, 2.05) is 0 Å². The summed E-state index contributed by atoms with van der Waals surface area (Å²) in [6.07, 6.45) is 0.727. The van der Waals surface area contributed by atoms with Crippen LogP contribution in [0.3, 0.4) is 0 Å². The van der Waals surface area contributed by atoms with Gasteiger partial charge in [0.05, 0.1) is 12.6 Å². The number of nitrogens with zero attached hydrogens (tertiary/aromatic N) is 1. The van der Waals surface area contributed by atoms with Gasteiger partial charge in [0.15, 0.2) is 0 Å². The van der Waals surface area contributed by atoms with Crippen LogP contribution in [0.25, 0.3) is 0 Å². The van der Waals surface area contributed by atoms with E-state index in [1.54, 1.807) is 0 Å². The SMILES string of the molecule is C[C@H](N)C(=O)N[C@@H](COP(=O)(O)O)C(=O)N1CCC[C@H]1C(=O)O. The molecule has 0 bridgehead atoms. The summed E-state index contributed by atoms with van der Waals surface area (Å²) in [6.45, 7) is 0.720. The fraction of sp³-hybridized carbons (Fsp3) is 0.727. The van der Waals surface area contributed by atoms with Gasteiger partial charge in [0.2, 0.25) is 11.8 Å². The molecule has 2 amide bonds. The lowest BCUT2D eigenvalue weighted by Gasteiger charge is -2.27. The number of phosphoric acid groups is 1. The number of carboxylic acid groups (broad SMARTS) is 1. The van der Waals surface area contributed by atoms with Crippen molar-refractivity contribution in [2.45, 2.75) is 37.9 Å². The van der Waals surface area contributed by atoms with Crippen molar-refractivity contribution in [1.82, 2.24) is 10.2 Å². The van der Waals surface area contributed by atoms with Crippen LogP contribution < -0.4 is 11.1 Å². The molecule has 1 aliphatic rings. The molecule has 6 N–H and O–H groups in total. The van der Waals surface area contributed by atoms with Gasteiger partial charge >= 0.3 is 13.8 Å².